The van der Waals surface area contributed by atoms with Gasteiger partial charge in [-0.1, -0.05) is 19.0 Å². The van der Waals surface area contributed by atoms with Crippen molar-refractivity contribution in [1.29, 1.82) is 0 Å². The maximum absolute atomic E-state index is 8.89. The predicted molar refractivity (Wildman–Crippen MR) is 70.1 cm³/mol. The van der Waals surface area contributed by atoms with Gasteiger partial charge in [0.05, 0.1) is 6.54 Å². The van der Waals surface area contributed by atoms with Crippen LogP contribution < -0.4 is 0 Å². The Labute approximate surface area is 109 Å². The van der Waals surface area contributed by atoms with E-state index in [4.69, 9.17) is 9.63 Å². The van der Waals surface area contributed by atoms with Crippen molar-refractivity contribution in [3.63, 3.8) is 0 Å². The van der Waals surface area contributed by atoms with Crippen LogP contribution in [-0.2, 0) is 13.0 Å². The number of aliphatic hydroxyl groups is 1. The minimum absolute atomic E-state index is 0.216. The summed E-state index contributed by atoms with van der Waals surface area (Å²) in [4.78, 5) is 6.64. The van der Waals surface area contributed by atoms with Crippen molar-refractivity contribution in [3.8, 4) is 0 Å². The van der Waals surface area contributed by atoms with Crippen molar-refractivity contribution in [2.24, 2.45) is 5.92 Å². The Kier molecular flexibility index (Phi) is 6.29. The summed E-state index contributed by atoms with van der Waals surface area (Å²) in [6, 6.07) is 0.406. The number of hydrogen-bond acceptors (Lipinski definition) is 5. The molecule has 5 nitrogen and oxygen atoms in total. The van der Waals surface area contributed by atoms with Gasteiger partial charge < -0.3 is 9.63 Å². The quantitative estimate of drug-likeness (QED) is 0.768. The third-order valence-electron chi connectivity index (χ3n) is 2.77. The van der Waals surface area contributed by atoms with Crippen molar-refractivity contribution in [3.05, 3.63) is 11.7 Å². The molecule has 0 fully saturated rings. The van der Waals surface area contributed by atoms with E-state index in [1.54, 1.807) is 0 Å². The summed E-state index contributed by atoms with van der Waals surface area (Å²) in [5.74, 6) is 1.97. The minimum Gasteiger partial charge on any atom is -0.396 e. The summed E-state index contributed by atoms with van der Waals surface area (Å²) < 4.78 is 5.22. The second-order valence-electron chi connectivity index (χ2n) is 5.34. The lowest BCUT2D eigenvalue weighted by Crippen LogP contribution is -2.32. The molecule has 0 spiro atoms. The second kappa shape index (κ2) is 7.48. The first-order chi connectivity index (χ1) is 8.52. The third kappa shape index (κ3) is 5.14. The van der Waals surface area contributed by atoms with Crippen LogP contribution in [0.1, 0.15) is 45.8 Å². The second-order valence-corrected chi connectivity index (χ2v) is 5.34. The van der Waals surface area contributed by atoms with Crippen LogP contribution in [0.2, 0.25) is 0 Å². The zero-order valence-corrected chi connectivity index (χ0v) is 11.9. The van der Waals surface area contributed by atoms with E-state index >= 15 is 0 Å². The van der Waals surface area contributed by atoms with Crippen LogP contribution in [0.3, 0.4) is 0 Å². The molecule has 1 aromatic heterocycles. The Hall–Kier alpha value is -0.940. The molecule has 0 aliphatic heterocycles. The summed E-state index contributed by atoms with van der Waals surface area (Å²) >= 11 is 0. The van der Waals surface area contributed by atoms with Gasteiger partial charge in [-0.25, -0.2) is 0 Å². The van der Waals surface area contributed by atoms with E-state index < -0.39 is 0 Å². The normalized spacial score (nSPS) is 12.0. The Balaban J connectivity index is 2.55. The van der Waals surface area contributed by atoms with E-state index in [1.807, 2.05) is 0 Å². The molecule has 0 aliphatic rings. The lowest BCUT2D eigenvalue weighted by molar-refractivity contribution is 0.179. The van der Waals surface area contributed by atoms with E-state index in [-0.39, 0.29) is 6.61 Å². The molecular weight excluding hydrogens is 230 g/mol. The first-order valence-electron chi connectivity index (χ1n) is 6.69. The zero-order valence-electron chi connectivity index (χ0n) is 11.9. The molecule has 0 amide bonds. The van der Waals surface area contributed by atoms with Crippen molar-refractivity contribution in [2.45, 2.75) is 53.1 Å². The van der Waals surface area contributed by atoms with E-state index in [1.165, 1.54) is 0 Å². The highest BCUT2D eigenvalue weighted by molar-refractivity contribution is 4.88. The van der Waals surface area contributed by atoms with Crippen LogP contribution in [-0.4, -0.2) is 39.3 Å². The molecule has 0 radical (unpaired) electrons. The minimum atomic E-state index is 0.216. The van der Waals surface area contributed by atoms with Crippen molar-refractivity contribution < 1.29 is 9.63 Å². The van der Waals surface area contributed by atoms with Crippen LogP contribution in [0, 0.1) is 5.92 Å². The summed E-state index contributed by atoms with van der Waals surface area (Å²) in [7, 11) is 0. The average molecular weight is 255 g/mol. The average Bonchev–Trinajstić information content (AvgIpc) is 2.70. The molecule has 0 aromatic carbocycles. The van der Waals surface area contributed by atoms with Gasteiger partial charge >= 0.3 is 0 Å². The fourth-order valence-electron chi connectivity index (χ4n) is 1.76. The Morgan fingerprint density at radius 2 is 2.00 bits per heavy atom. The fourth-order valence-corrected chi connectivity index (χ4v) is 1.76. The van der Waals surface area contributed by atoms with Crippen LogP contribution in [0.25, 0.3) is 0 Å². The molecule has 1 N–H and O–H groups in total. The Morgan fingerprint density at radius 1 is 1.28 bits per heavy atom. The molecular formula is C13H25N3O2. The van der Waals surface area contributed by atoms with Gasteiger partial charge in [-0.05, 0) is 26.2 Å². The van der Waals surface area contributed by atoms with Crippen LogP contribution in [0.15, 0.2) is 4.52 Å². The smallest absolute Gasteiger partial charge is 0.226 e. The van der Waals surface area contributed by atoms with Crippen molar-refractivity contribution in [1.82, 2.24) is 15.0 Å². The highest BCUT2D eigenvalue weighted by Crippen LogP contribution is 2.09. The standard InChI is InChI=1S/C13H25N3O2/c1-10(2)8-13-14-12(15-18-13)9-16(11(3)4)6-5-7-17/h10-11,17H,5-9H2,1-4H3. The van der Waals surface area contributed by atoms with Crippen LogP contribution in [0.5, 0.6) is 0 Å². The summed E-state index contributed by atoms with van der Waals surface area (Å²) in [5, 5.41) is 12.9. The lowest BCUT2D eigenvalue weighted by Gasteiger charge is -2.24. The lowest BCUT2D eigenvalue weighted by atomic mass is 10.1. The van der Waals surface area contributed by atoms with Gasteiger partial charge in [0.25, 0.3) is 0 Å². The zero-order chi connectivity index (χ0) is 13.5. The fraction of sp³-hybridized carbons (Fsp3) is 0.846. The van der Waals surface area contributed by atoms with Crippen molar-refractivity contribution >= 4 is 0 Å². The highest BCUT2D eigenvalue weighted by Gasteiger charge is 2.14. The summed E-state index contributed by atoms with van der Waals surface area (Å²) in [5.41, 5.74) is 0. The van der Waals surface area contributed by atoms with E-state index in [9.17, 15) is 0 Å². The maximum Gasteiger partial charge on any atom is 0.226 e. The van der Waals surface area contributed by atoms with Gasteiger partial charge in [0, 0.05) is 25.6 Å². The predicted octanol–water partition coefficient (Wildman–Crippen LogP) is 1.86. The molecule has 0 saturated heterocycles. The van der Waals surface area contributed by atoms with Gasteiger partial charge in [0.2, 0.25) is 5.89 Å². The first-order valence-corrected chi connectivity index (χ1v) is 6.69. The van der Waals surface area contributed by atoms with Crippen molar-refractivity contribution in [2.75, 3.05) is 13.2 Å². The Morgan fingerprint density at radius 3 is 2.56 bits per heavy atom. The van der Waals surface area contributed by atoms with Crippen LogP contribution in [0.4, 0.5) is 0 Å². The van der Waals surface area contributed by atoms with Gasteiger partial charge in [-0.15, -0.1) is 0 Å². The SMILES string of the molecule is CC(C)Cc1nc(CN(CCCO)C(C)C)no1. The molecule has 0 saturated carbocycles. The number of aromatic nitrogens is 2. The molecule has 5 heteroatoms. The maximum atomic E-state index is 8.89. The van der Waals surface area contributed by atoms with E-state index in [0.29, 0.717) is 24.4 Å². The molecule has 0 atom stereocenters. The van der Waals surface area contributed by atoms with E-state index in [2.05, 4.69) is 42.7 Å². The molecule has 0 bridgehead atoms. The largest absolute Gasteiger partial charge is 0.396 e. The topological polar surface area (TPSA) is 62.4 Å². The molecule has 1 heterocycles. The van der Waals surface area contributed by atoms with Gasteiger partial charge in [-0.3, -0.25) is 4.90 Å². The van der Waals surface area contributed by atoms with Gasteiger partial charge in [0.15, 0.2) is 5.82 Å². The molecule has 0 aliphatic carbocycles. The number of aliphatic hydroxyl groups excluding tert-OH is 1. The van der Waals surface area contributed by atoms with Crippen LogP contribution >= 0.6 is 0 Å². The molecule has 0 unspecified atom stereocenters. The highest BCUT2D eigenvalue weighted by atomic mass is 16.5. The summed E-state index contributed by atoms with van der Waals surface area (Å²) in [6.45, 7) is 10.3. The Bertz CT molecular complexity index is 337. The number of rotatable bonds is 8. The monoisotopic (exact) mass is 255 g/mol. The first kappa shape index (κ1) is 15.1. The van der Waals surface area contributed by atoms with Gasteiger partial charge in [-0.2, -0.15) is 4.98 Å². The summed E-state index contributed by atoms with van der Waals surface area (Å²) in [6.07, 6.45) is 1.60. The van der Waals surface area contributed by atoms with Gasteiger partial charge in [0.1, 0.15) is 0 Å². The number of hydrogen-bond donors (Lipinski definition) is 1. The third-order valence-corrected chi connectivity index (χ3v) is 2.77. The molecule has 104 valence electrons. The molecule has 18 heavy (non-hydrogen) atoms. The number of nitrogens with zero attached hydrogens (tertiary/aromatic N) is 3. The van der Waals surface area contributed by atoms with E-state index in [0.717, 1.165) is 25.2 Å². The molecule has 1 rings (SSSR count). The molecule has 1 aromatic rings.